The highest BCUT2D eigenvalue weighted by Crippen LogP contribution is 2.27. The normalized spacial score (nSPS) is 11.5. The number of phenols is 1. The van der Waals surface area contributed by atoms with Crippen molar-refractivity contribution in [3.05, 3.63) is 81.9 Å². The van der Waals surface area contributed by atoms with Gasteiger partial charge in [-0.25, -0.2) is 0 Å². The average molecular weight is 468 g/mol. The smallest absolute Gasteiger partial charge is 0.270 e. The molecule has 9 heteroatoms. The molecule has 0 saturated carbocycles. The van der Waals surface area contributed by atoms with Crippen molar-refractivity contribution in [3.63, 3.8) is 0 Å². The van der Waals surface area contributed by atoms with E-state index in [1.54, 1.807) is 30.3 Å². The highest BCUT2D eigenvalue weighted by Gasteiger charge is 2.36. The van der Waals surface area contributed by atoms with Gasteiger partial charge in [0.05, 0.1) is 10.5 Å². The Balaban J connectivity index is 2.55. The van der Waals surface area contributed by atoms with Crippen LogP contribution in [0.25, 0.3) is 0 Å². The summed E-state index contributed by atoms with van der Waals surface area (Å²) >= 11 is 0. The number of Topliss-reactive ketones (excluding diaryl/α,β-unsaturated/α-hetero) is 1. The summed E-state index contributed by atoms with van der Waals surface area (Å²) in [4.78, 5) is 51.3. The molecule has 180 valence electrons. The van der Waals surface area contributed by atoms with Crippen LogP contribution in [0.2, 0.25) is 0 Å². The summed E-state index contributed by atoms with van der Waals surface area (Å²) in [7, 11) is 0. The van der Waals surface area contributed by atoms with Crippen molar-refractivity contribution in [2.75, 3.05) is 6.54 Å². The topological polar surface area (TPSA) is 144 Å². The van der Waals surface area contributed by atoms with Crippen LogP contribution in [0, 0.1) is 10.1 Å². The summed E-state index contributed by atoms with van der Waals surface area (Å²) in [5, 5.41) is 21.5. The Hall–Kier alpha value is -3.85. The third-order valence-corrected chi connectivity index (χ3v) is 5.29. The van der Waals surface area contributed by atoms with Gasteiger partial charge in [0.1, 0.15) is 11.8 Å². The Bertz CT molecular complexity index is 1070. The number of phenolic OH excluding ortho intramolecular Hbond substituents is 1. The van der Waals surface area contributed by atoms with Crippen LogP contribution in [0.15, 0.2) is 60.7 Å². The number of ketones is 1. The molecular weight excluding hydrogens is 438 g/mol. The van der Waals surface area contributed by atoms with Crippen molar-refractivity contribution < 1.29 is 24.4 Å². The Morgan fingerprint density at radius 3 is 2.38 bits per heavy atom. The van der Waals surface area contributed by atoms with Crippen LogP contribution in [0.4, 0.5) is 5.69 Å². The molecule has 0 saturated heterocycles. The SMILES string of the molecule is C=C(C)C(=O)N(C(=O)CCCCCN)[C@@H](Cc1ccccc1)C(=O)c1cc([N+](=O)[O-])ccc1O. The minimum atomic E-state index is -1.33. The first-order chi connectivity index (χ1) is 16.2. The standard InChI is InChI=1S/C25H29N3O6/c1-17(2)25(32)27(23(30)11-7-4-8-14-26)21(15-18-9-5-3-6-10-18)24(31)20-16-19(28(33)34)12-13-22(20)29/h3,5-6,9-10,12-13,16,21,29H,1,4,7-8,11,14-15,26H2,2H3/t21-/m0/s1. The number of carbonyl (C=O) groups is 3. The number of nitrogens with two attached hydrogens (primary N) is 1. The molecule has 2 aromatic carbocycles. The fraction of sp³-hybridized carbons (Fsp3) is 0.320. The monoisotopic (exact) mass is 467 g/mol. The number of nitro benzene ring substituents is 1. The number of imide groups is 1. The predicted octanol–water partition coefficient (Wildman–Crippen LogP) is 3.54. The highest BCUT2D eigenvalue weighted by molar-refractivity contribution is 6.11. The first-order valence-electron chi connectivity index (χ1n) is 10.9. The van der Waals surface area contributed by atoms with Crippen LogP contribution in [0.3, 0.4) is 0 Å². The summed E-state index contributed by atoms with van der Waals surface area (Å²) in [5.41, 5.74) is 5.49. The molecule has 1 atom stereocenters. The van der Waals surface area contributed by atoms with Gasteiger partial charge in [-0.2, -0.15) is 0 Å². The van der Waals surface area contributed by atoms with Gasteiger partial charge in [-0.3, -0.25) is 29.4 Å². The van der Waals surface area contributed by atoms with E-state index in [2.05, 4.69) is 6.58 Å². The number of rotatable bonds is 12. The maximum absolute atomic E-state index is 13.6. The lowest BCUT2D eigenvalue weighted by atomic mass is 9.94. The zero-order valence-electron chi connectivity index (χ0n) is 19.1. The maximum Gasteiger partial charge on any atom is 0.270 e. The van der Waals surface area contributed by atoms with E-state index in [9.17, 15) is 29.6 Å². The lowest BCUT2D eigenvalue weighted by Gasteiger charge is -2.30. The number of unbranched alkanes of at least 4 members (excludes halogenated alkanes) is 2. The fourth-order valence-electron chi connectivity index (χ4n) is 3.51. The van der Waals surface area contributed by atoms with E-state index in [1.807, 2.05) is 0 Å². The number of nitro groups is 1. The van der Waals surface area contributed by atoms with E-state index in [4.69, 9.17) is 5.73 Å². The maximum atomic E-state index is 13.6. The summed E-state index contributed by atoms with van der Waals surface area (Å²) in [5.74, 6) is -2.55. The molecule has 9 nitrogen and oxygen atoms in total. The average Bonchev–Trinajstić information content (AvgIpc) is 2.81. The molecule has 2 rings (SSSR count). The number of non-ortho nitro benzene ring substituents is 1. The van der Waals surface area contributed by atoms with Gasteiger partial charge in [-0.15, -0.1) is 0 Å². The minimum Gasteiger partial charge on any atom is -0.507 e. The van der Waals surface area contributed by atoms with Crippen LogP contribution in [0.5, 0.6) is 5.75 Å². The zero-order chi connectivity index (χ0) is 25.3. The molecule has 0 heterocycles. The van der Waals surface area contributed by atoms with Gasteiger partial charge in [0, 0.05) is 30.5 Å². The lowest BCUT2D eigenvalue weighted by molar-refractivity contribution is -0.384. The van der Waals surface area contributed by atoms with Gasteiger partial charge in [0.25, 0.3) is 11.6 Å². The van der Waals surface area contributed by atoms with E-state index >= 15 is 0 Å². The van der Waals surface area contributed by atoms with E-state index in [0.29, 0.717) is 24.9 Å². The van der Waals surface area contributed by atoms with Crippen molar-refractivity contribution in [1.82, 2.24) is 4.90 Å². The third kappa shape index (κ3) is 6.82. The molecular formula is C25H29N3O6. The molecule has 34 heavy (non-hydrogen) atoms. The Kier molecular flexibility index (Phi) is 9.63. The number of hydrogen-bond acceptors (Lipinski definition) is 7. The number of nitrogens with zero attached hydrogens (tertiary/aromatic N) is 2. The quantitative estimate of drug-likeness (QED) is 0.160. The van der Waals surface area contributed by atoms with Crippen molar-refractivity contribution in [2.24, 2.45) is 5.73 Å². The van der Waals surface area contributed by atoms with Crippen LogP contribution >= 0.6 is 0 Å². The number of hydrogen-bond donors (Lipinski definition) is 2. The van der Waals surface area contributed by atoms with Crippen LogP contribution in [-0.2, 0) is 16.0 Å². The number of amides is 2. The van der Waals surface area contributed by atoms with Crippen molar-refractivity contribution in [1.29, 1.82) is 0 Å². The molecule has 0 aliphatic rings. The molecule has 0 aliphatic carbocycles. The molecule has 3 N–H and O–H groups in total. The van der Waals surface area contributed by atoms with E-state index in [1.165, 1.54) is 6.92 Å². The summed E-state index contributed by atoms with van der Waals surface area (Å²) < 4.78 is 0. The molecule has 0 bridgehead atoms. The predicted molar refractivity (Wildman–Crippen MR) is 127 cm³/mol. The minimum absolute atomic E-state index is 0.0124. The van der Waals surface area contributed by atoms with Crippen LogP contribution in [-0.4, -0.2) is 45.1 Å². The largest absolute Gasteiger partial charge is 0.507 e. The molecule has 0 aromatic heterocycles. The van der Waals surface area contributed by atoms with Crippen molar-refractivity contribution in [2.45, 2.75) is 45.1 Å². The summed E-state index contributed by atoms with van der Waals surface area (Å²) in [6.45, 7) is 5.55. The summed E-state index contributed by atoms with van der Waals surface area (Å²) in [6.07, 6.45) is 1.86. The van der Waals surface area contributed by atoms with Gasteiger partial charge in [-0.1, -0.05) is 43.3 Å². The molecule has 2 aromatic rings. The Labute approximate surface area is 198 Å². The molecule has 0 spiro atoms. The first kappa shape index (κ1) is 26.4. The van der Waals surface area contributed by atoms with Gasteiger partial charge < -0.3 is 10.8 Å². The van der Waals surface area contributed by atoms with E-state index in [-0.39, 0.29) is 24.0 Å². The van der Waals surface area contributed by atoms with Crippen molar-refractivity contribution >= 4 is 23.3 Å². The first-order valence-corrected chi connectivity index (χ1v) is 10.9. The second-order valence-corrected chi connectivity index (χ2v) is 7.98. The van der Waals surface area contributed by atoms with Gasteiger partial charge in [0.15, 0.2) is 5.78 Å². The Morgan fingerprint density at radius 1 is 1.12 bits per heavy atom. The van der Waals surface area contributed by atoms with Gasteiger partial charge in [0.2, 0.25) is 5.91 Å². The van der Waals surface area contributed by atoms with E-state index in [0.717, 1.165) is 29.5 Å². The second-order valence-electron chi connectivity index (χ2n) is 7.98. The van der Waals surface area contributed by atoms with E-state index < -0.39 is 40.0 Å². The van der Waals surface area contributed by atoms with Gasteiger partial charge in [-0.05, 0) is 37.9 Å². The fourth-order valence-corrected chi connectivity index (χ4v) is 3.51. The molecule has 0 radical (unpaired) electrons. The van der Waals surface area contributed by atoms with Crippen LogP contribution in [0.1, 0.15) is 48.5 Å². The number of aromatic hydroxyl groups is 1. The van der Waals surface area contributed by atoms with Crippen LogP contribution < -0.4 is 5.73 Å². The molecule has 0 unspecified atom stereocenters. The Morgan fingerprint density at radius 2 is 1.79 bits per heavy atom. The number of carbonyl (C=O) groups excluding carboxylic acids is 3. The summed E-state index contributed by atoms with van der Waals surface area (Å²) in [6, 6.07) is 10.5. The molecule has 0 aliphatic heterocycles. The molecule has 2 amide bonds. The lowest BCUT2D eigenvalue weighted by Crippen LogP contribution is -2.50. The van der Waals surface area contributed by atoms with Gasteiger partial charge >= 0.3 is 0 Å². The third-order valence-electron chi connectivity index (χ3n) is 5.29. The zero-order valence-corrected chi connectivity index (χ0v) is 19.1. The highest BCUT2D eigenvalue weighted by atomic mass is 16.6. The second kappa shape index (κ2) is 12.4. The van der Waals surface area contributed by atoms with Crippen molar-refractivity contribution in [3.8, 4) is 5.75 Å². The number of benzene rings is 2. The molecule has 0 fully saturated rings.